The van der Waals surface area contributed by atoms with Crippen LogP contribution in [0.1, 0.15) is 16.2 Å². The zero-order chi connectivity index (χ0) is 21.7. The van der Waals surface area contributed by atoms with Crippen molar-refractivity contribution in [3.05, 3.63) is 52.3 Å². The Morgan fingerprint density at radius 1 is 1.10 bits per heavy atom. The smallest absolute Gasteiger partial charge is 0.269 e. The average molecular weight is 413 g/mol. The Morgan fingerprint density at radius 3 is 2.40 bits per heavy atom. The van der Waals surface area contributed by atoms with E-state index < -0.39 is 0 Å². The molecule has 2 heterocycles. The van der Waals surface area contributed by atoms with Crippen molar-refractivity contribution in [1.82, 2.24) is 25.1 Å². The molecule has 0 unspecified atom stereocenters. The van der Waals surface area contributed by atoms with Gasteiger partial charge < -0.3 is 19.5 Å². The van der Waals surface area contributed by atoms with Crippen LogP contribution in [0.4, 0.5) is 0 Å². The van der Waals surface area contributed by atoms with Crippen LogP contribution in [-0.2, 0) is 6.54 Å². The van der Waals surface area contributed by atoms with Gasteiger partial charge in [0.25, 0.3) is 11.5 Å². The number of H-pyrrole nitrogens is 1. The largest absolute Gasteiger partial charge is 0.493 e. The van der Waals surface area contributed by atoms with Gasteiger partial charge in [0.15, 0.2) is 11.5 Å². The molecule has 0 aliphatic heterocycles. The number of benzene rings is 1. The summed E-state index contributed by atoms with van der Waals surface area (Å²) in [6, 6.07) is 6.56. The van der Waals surface area contributed by atoms with Crippen molar-refractivity contribution in [3.63, 3.8) is 0 Å². The summed E-state index contributed by atoms with van der Waals surface area (Å²) >= 11 is 0. The number of aryl methyl sites for hydroxylation is 1. The molecule has 1 amide bonds. The van der Waals surface area contributed by atoms with Crippen LogP contribution in [0.2, 0.25) is 0 Å². The Bertz CT molecular complexity index is 1080. The summed E-state index contributed by atoms with van der Waals surface area (Å²) in [5.74, 6) is 1.10. The molecule has 3 rings (SSSR count). The quantitative estimate of drug-likeness (QED) is 0.573. The second-order valence-electron chi connectivity index (χ2n) is 6.40. The first-order valence-electron chi connectivity index (χ1n) is 9.14. The topological polar surface area (TPSA) is 120 Å². The third-order valence-electron chi connectivity index (χ3n) is 4.44. The minimum absolute atomic E-state index is 0.164. The minimum Gasteiger partial charge on any atom is -0.493 e. The molecule has 2 N–H and O–H groups in total. The van der Waals surface area contributed by atoms with Crippen molar-refractivity contribution >= 4 is 5.91 Å². The van der Waals surface area contributed by atoms with Crippen LogP contribution in [0, 0.1) is 6.92 Å². The highest BCUT2D eigenvalue weighted by Crippen LogP contribution is 2.40. The summed E-state index contributed by atoms with van der Waals surface area (Å²) in [6.07, 6.45) is 1.46. The van der Waals surface area contributed by atoms with Gasteiger partial charge in [0.1, 0.15) is 5.69 Å². The lowest BCUT2D eigenvalue weighted by Crippen LogP contribution is -2.31. The number of aromatic amines is 1. The maximum Gasteiger partial charge on any atom is 0.269 e. The van der Waals surface area contributed by atoms with Crippen molar-refractivity contribution in [2.75, 3.05) is 27.9 Å². The summed E-state index contributed by atoms with van der Waals surface area (Å²) < 4.78 is 17.5. The van der Waals surface area contributed by atoms with Gasteiger partial charge in [-0.1, -0.05) is 0 Å². The van der Waals surface area contributed by atoms with Crippen LogP contribution in [0.5, 0.6) is 17.2 Å². The van der Waals surface area contributed by atoms with Gasteiger partial charge in [-0.15, -0.1) is 0 Å². The number of nitrogens with zero attached hydrogens (tertiary/aromatic N) is 3. The number of nitrogens with one attached hydrogen (secondary N) is 2. The lowest BCUT2D eigenvalue weighted by atomic mass is 10.1. The molecule has 0 spiro atoms. The van der Waals surface area contributed by atoms with E-state index in [1.165, 1.54) is 38.3 Å². The molecule has 0 saturated carbocycles. The zero-order valence-corrected chi connectivity index (χ0v) is 17.2. The Balaban J connectivity index is 1.71. The maximum atomic E-state index is 12.4. The highest BCUT2D eigenvalue weighted by atomic mass is 16.5. The van der Waals surface area contributed by atoms with Gasteiger partial charge >= 0.3 is 0 Å². The molecule has 30 heavy (non-hydrogen) atoms. The van der Waals surface area contributed by atoms with Crippen molar-refractivity contribution in [2.24, 2.45) is 0 Å². The highest BCUT2D eigenvalue weighted by Gasteiger charge is 2.17. The fourth-order valence-corrected chi connectivity index (χ4v) is 2.88. The number of amides is 1. The van der Waals surface area contributed by atoms with E-state index in [9.17, 15) is 9.59 Å². The van der Waals surface area contributed by atoms with Gasteiger partial charge in [0.2, 0.25) is 5.75 Å². The van der Waals surface area contributed by atoms with Crippen LogP contribution in [0.3, 0.4) is 0 Å². The van der Waals surface area contributed by atoms with Gasteiger partial charge in [-0.05, 0) is 25.1 Å². The molecular formula is C20H23N5O5. The summed E-state index contributed by atoms with van der Waals surface area (Å²) in [4.78, 5) is 28.3. The standard InChI is InChI=1S/C20H23N5O5/c1-12-7-18(26)25(11-22-12)6-5-21-20(27)15-10-14(23-24-15)13-8-16(28-2)19(30-4)17(9-13)29-3/h7-11H,5-6H2,1-4H3,(H,21,27)(H,23,24). The second kappa shape index (κ2) is 9.12. The van der Waals surface area contributed by atoms with E-state index >= 15 is 0 Å². The van der Waals surface area contributed by atoms with E-state index in [0.29, 0.717) is 40.7 Å². The van der Waals surface area contributed by atoms with E-state index in [0.717, 1.165) is 0 Å². The number of carbonyl (C=O) groups is 1. The molecule has 2 aromatic heterocycles. The minimum atomic E-state index is -0.339. The van der Waals surface area contributed by atoms with E-state index in [1.54, 1.807) is 25.1 Å². The highest BCUT2D eigenvalue weighted by molar-refractivity contribution is 5.93. The lowest BCUT2D eigenvalue weighted by molar-refractivity contribution is 0.0947. The number of hydrogen-bond donors (Lipinski definition) is 2. The van der Waals surface area contributed by atoms with E-state index in [-0.39, 0.29) is 23.7 Å². The Kier molecular flexibility index (Phi) is 6.35. The van der Waals surface area contributed by atoms with Crippen LogP contribution >= 0.6 is 0 Å². The van der Waals surface area contributed by atoms with Crippen LogP contribution in [0.25, 0.3) is 11.3 Å². The van der Waals surface area contributed by atoms with E-state index in [1.807, 2.05) is 0 Å². The molecule has 0 aliphatic rings. The molecule has 0 saturated heterocycles. The number of carbonyl (C=O) groups excluding carboxylic acids is 1. The van der Waals surface area contributed by atoms with Gasteiger partial charge in [0, 0.05) is 30.4 Å². The molecule has 0 fully saturated rings. The normalized spacial score (nSPS) is 10.5. The molecule has 0 radical (unpaired) electrons. The summed E-state index contributed by atoms with van der Waals surface area (Å²) in [5, 5.41) is 9.67. The number of hydrogen-bond acceptors (Lipinski definition) is 7. The molecule has 0 bridgehead atoms. The Hall–Kier alpha value is -3.82. The summed E-state index contributed by atoms with van der Waals surface area (Å²) in [6.45, 7) is 2.32. The molecule has 1 aromatic carbocycles. The zero-order valence-electron chi connectivity index (χ0n) is 17.2. The first-order valence-corrected chi connectivity index (χ1v) is 9.14. The average Bonchev–Trinajstić information content (AvgIpc) is 3.24. The van der Waals surface area contributed by atoms with Crippen LogP contribution in [-0.4, -0.2) is 53.5 Å². The van der Waals surface area contributed by atoms with Gasteiger partial charge in [-0.2, -0.15) is 5.10 Å². The molecule has 3 aromatic rings. The van der Waals surface area contributed by atoms with E-state index in [4.69, 9.17) is 14.2 Å². The molecule has 158 valence electrons. The molecule has 0 atom stereocenters. The number of methoxy groups -OCH3 is 3. The van der Waals surface area contributed by atoms with E-state index in [2.05, 4.69) is 20.5 Å². The SMILES string of the molecule is COc1cc(-c2cc(C(=O)NCCn3cnc(C)cc3=O)[nH]n2)cc(OC)c1OC. The van der Waals surface area contributed by atoms with Crippen molar-refractivity contribution in [1.29, 1.82) is 0 Å². The first kappa shape index (κ1) is 20.9. The number of aromatic nitrogens is 4. The number of rotatable bonds is 8. The van der Waals surface area contributed by atoms with Gasteiger partial charge in [-0.25, -0.2) is 4.98 Å². The Labute approximate surface area is 172 Å². The predicted molar refractivity (Wildman–Crippen MR) is 109 cm³/mol. The second-order valence-corrected chi connectivity index (χ2v) is 6.40. The Morgan fingerprint density at radius 2 is 1.80 bits per heavy atom. The van der Waals surface area contributed by atoms with Crippen LogP contribution in [0.15, 0.2) is 35.4 Å². The summed E-state index contributed by atoms with van der Waals surface area (Å²) in [5.41, 5.74) is 2.00. The van der Waals surface area contributed by atoms with Crippen molar-refractivity contribution in [3.8, 4) is 28.5 Å². The fourth-order valence-electron chi connectivity index (χ4n) is 2.88. The third-order valence-corrected chi connectivity index (χ3v) is 4.44. The fraction of sp³-hybridized carbons (Fsp3) is 0.300. The molecule has 10 nitrogen and oxygen atoms in total. The monoisotopic (exact) mass is 413 g/mol. The molecule has 10 heteroatoms. The predicted octanol–water partition coefficient (Wildman–Crippen LogP) is 1.40. The first-order chi connectivity index (χ1) is 14.5. The maximum absolute atomic E-state index is 12.4. The van der Waals surface area contributed by atoms with Gasteiger partial charge in [0.05, 0.1) is 33.4 Å². The van der Waals surface area contributed by atoms with Crippen molar-refractivity contribution < 1.29 is 19.0 Å². The molecule has 0 aliphatic carbocycles. The van der Waals surface area contributed by atoms with Gasteiger partial charge in [-0.3, -0.25) is 19.3 Å². The number of ether oxygens (including phenoxy) is 3. The third kappa shape index (κ3) is 4.43. The lowest BCUT2D eigenvalue weighted by Gasteiger charge is -2.13. The molecular weight excluding hydrogens is 390 g/mol. The van der Waals surface area contributed by atoms with Crippen molar-refractivity contribution in [2.45, 2.75) is 13.5 Å². The van der Waals surface area contributed by atoms with Crippen LogP contribution < -0.4 is 25.1 Å². The summed E-state index contributed by atoms with van der Waals surface area (Å²) in [7, 11) is 4.58.